The number of benzene rings is 1. The van der Waals surface area contributed by atoms with Crippen molar-refractivity contribution in [3.63, 3.8) is 0 Å². The SMILES string of the molecule is Cl.O=C(NC1CNCCC1c1ccc(F)c(F)c1)c1cnsn1. The largest absolute Gasteiger partial charge is 0.346 e. The van der Waals surface area contributed by atoms with E-state index >= 15 is 0 Å². The summed E-state index contributed by atoms with van der Waals surface area (Å²) in [6.45, 7) is 1.32. The molecule has 23 heavy (non-hydrogen) atoms. The highest BCUT2D eigenvalue weighted by molar-refractivity contribution is 6.99. The number of piperidine rings is 1. The first kappa shape index (κ1) is 17.7. The van der Waals surface area contributed by atoms with Crippen LogP contribution in [0.3, 0.4) is 0 Å². The molecule has 0 bridgehead atoms. The molecule has 124 valence electrons. The maximum atomic E-state index is 13.5. The molecule has 2 atom stereocenters. The van der Waals surface area contributed by atoms with Crippen LogP contribution in [0.1, 0.15) is 28.4 Å². The number of rotatable bonds is 3. The molecule has 0 aliphatic carbocycles. The van der Waals surface area contributed by atoms with Crippen molar-refractivity contribution in [2.45, 2.75) is 18.4 Å². The van der Waals surface area contributed by atoms with Crippen molar-refractivity contribution < 1.29 is 13.6 Å². The summed E-state index contributed by atoms with van der Waals surface area (Å²) in [7, 11) is 0. The Labute approximate surface area is 142 Å². The minimum atomic E-state index is -0.871. The molecule has 1 aliphatic rings. The summed E-state index contributed by atoms with van der Waals surface area (Å²) < 4.78 is 34.2. The summed E-state index contributed by atoms with van der Waals surface area (Å²) in [4.78, 5) is 12.1. The van der Waals surface area contributed by atoms with Crippen molar-refractivity contribution in [1.29, 1.82) is 0 Å². The summed E-state index contributed by atoms with van der Waals surface area (Å²) in [5.74, 6) is -2.13. The fourth-order valence-electron chi connectivity index (χ4n) is 2.66. The number of hydrogen-bond acceptors (Lipinski definition) is 5. The van der Waals surface area contributed by atoms with Crippen molar-refractivity contribution in [2.75, 3.05) is 13.1 Å². The monoisotopic (exact) mass is 360 g/mol. The van der Waals surface area contributed by atoms with E-state index in [1.165, 1.54) is 12.3 Å². The number of halogens is 3. The first-order valence-corrected chi connectivity index (χ1v) is 7.62. The van der Waals surface area contributed by atoms with Gasteiger partial charge in [0.25, 0.3) is 5.91 Å². The van der Waals surface area contributed by atoms with Gasteiger partial charge in [0.05, 0.1) is 17.9 Å². The zero-order valence-electron chi connectivity index (χ0n) is 12.0. The van der Waals surface area contributed by atoms with Crippen molar-refractivity contribution in [2.24, 2.45) is 0 Å². The number of hydrogen-bond donors (Lipinski definition) is 2. The lowest BCUT2D eigenvalue weighted by Gasteiger charge is -2.33. The van der Waals surface area contributed by atoms with E-state index in [2.05, 4.69) is 19.4 Å². The Bertz CT molecular complexity index is 671. The Kier molecular flexibility index (Phi) is 5.97. The van der Waals surface area contributed by atoms with Gasteiger partial charge in [-0.15, -0.1) is 12.4 Å². The third kappa shape index (κ3) is 4.01. The van der Waals surface area contributed by atoms with Gasteiger partial charge in [-0.3, -0.25) is 4.79 Å². The molecular formula is C14H15ClF2N4OS. The fourth-order valence-corrected chi connectivity index (χ4v) is 3.07. The molecule has 0 radical (unpaired) electrons. The van der Waals surface area contributed by atoms with Gasteiger partial charge < -0.3 is 10.6 Å². The third-order valence-corrected chi connectivity index (χ3v) is 4.24. The number of carbonyl (C=O) groups is 1. The number of carbonyl (C=O) groups excluding carboxylic acids is 1. The smallest absolute Gasteiger partial charge is 0.272 e. The van der Waals surface area contributed by atoms with Gasteiger partial charge in [0.1, 0.15) is 0 Å². The van der Waals surface area contributed by atoms with Crippen LogP contribution < -0.4 is 10.6 Å². The topological polar surface area (TPSA) is 66.9 Å². The highest BCUT2D eigenvalue weighted by Gasteiger charge is 2.29. The minimum Gasteiger partial charge on any atom is -0.346 e. The Morgan fingerprint density at radius 2 is 2.17 bits per heavy atom. The summed E-state index contributed by atoms with van der Waals surface area (Å²) in [6.07, 6.45) is 2.13. The summed E-state index contributed by atoms with van der Waals surface area (Å²) in [5, 5.41) is 6.09. The van der Waals surface area contributed by atoms with Crippen LogP contribution >= 0.6 is 24.1 Å². The average Bonchev–Trinajstić information content (AvgIpc) is 3.05. The van der Waals surface area contributed by atoms with Crippen LogP contribution in [0.5, 0.6) is 0 Å². The van der Waals surface area contributed by atoms with Crippen LogP contribution in [0.25, 0.3) is 0 Å². The predicted octanol–water partition coefficient (Wildman–Crippen LogP) is 2.11. The van der Waals surface area contributed by atoms with Crippen LogP contribution in [-0.4, -0.2) is 33.8 Å². The molecule has 5 nitrogen and oxygen atoms in total. The zero-order valence-corrected chi connectivity index (χ0v) is 13.6. The van der Waals surface area contributed by atoms with Crippen molar-refractivity contribution in [3.05, 3.63) is 47.3 Å². The van der Waals surface area contributed by atoms with E-state index < -0.39 is 11.6 Å². The van der Waals surface area contributed by atoms with Crippen LogP contribution in [0.4, 0.5) is 8.78 Å². The van der Waals surface area contributed by atoms with Crippen LogP contribution in [-0.2, 0) is 0 Å². The van der Waals surface area contributed by atoms with E-state index in [1.807, 2.05) is 0 Å². The number of amides is 1. The van der Waals surface area contributed by atoms with E-state index in [9.17, 15) is 13.6 Å². The summed E-state index contributed by atoms with van der Waals surface area (Å²) >= 11 is 0.963. The Hall–Kier alpha value is -1.64. The lowest BCUT2D eigenvalue weighted by molar-refractivity contribution is 0.0920. The lowest BCUT2D eigenvalue weighted by atomic mass is 9.86. The molecule has 2 unspecified atom stereocenters. The molecule has 1 amide bonds. The average molecular weight is 361 g/mol. The second-order valence-electron chi connectivity index (χ2n) is 5.15. The molecule has 2 aromatic rings. The standard InChI is InChI=1S/C14H14F2N4OS.ClH/c15-10-2-1-8(5-11(10)16)9-3-4-17-6-12(9)19-14(21)13-7-18-22-20-13;/h1-2,5,7,9,12,17H,3-4,6H2,(H,19,21);1H. The highest BCUT2D eigenvalue weighted by atomic mass is 35.5. The number of aromatic nitrogens is 2. The van der Waals surface area contributed by atoms with Crippen molar-refractivity contribution in [1.82, 2.24) is 19.4 Å². The minimum absolute atomic E-state index is 0. The van der Waals surface area contributed by atoms with Gasteiger partial charge in [-0.05, 0) is 30.7 Å². The molecule has 2 N–H and O–H groups in total. The Morgan fingerprint density at radius 1 is 1.35 bits per heavy atom. The third-order valence-electron chi connectivity index (χ3n) is 3.76. The number of nitrogens with zero attached hydrogens (tertiary/aromatic N) is 2. The first-order chi connectivity index (χ1) is 10.6. The first-order valence-electron chi connectivity index (χ1n) is 6.89. The maximum absolute atomic E-state index is 13.5. The normalized spacial score (nSPS) is 20.6. The van der Waals surface area contributed by atoms with Gasteiger partial charge in [-0.25, -0.2) is 8.78 Å². The molecule has 0 saturated carbocycles. The molecule has 9 heteroatoms. The molecule has 1 aromatic heterocycles. The van der Waals surface area contributed by atoms with Crippen LogP contribution in [0, 0.1) is 11.6 Å². The van der Waals surface area contributed by atoms with Gasteiger partial charge in [-0.1, -0.05) is 6.07 Å². The fraction of sp³-hybridized carbons (Fsp3) is 0.357. The Morgan fingerprint density at radius 3 is 2.87 bits per heavy atom. The van der Waals surface area contributed by atoms with Crippen LogP contribution in [0.15, 0.2) is 24.4 Å². The van der Waals surface area contributed by atoms with Gasteiger partial charge in [-0.2, -0.15) is 8.75 Å². The summed E-state index contributed by atoms with van der Waals surface area (Å²) in [5.41, 5.74) is 0.946. The van der Waals surface area contributed by atoms with E-state index in [-0.39, 0.29) is 36.0 Å². The highest BCUT2D eigenvalue weighted by Crippen LogP contribution is 2.27. The lowest BCUT2D eigenvalue weighted by Crippen LogP contribution is -2.50. The van der Waals surface area contributed by atoms with Crippen molar-refractivity contribution in [3.8, 4) is 0 Å². The molecule has 1 fully saturated rings. The van der Waals surface area contributed by atoms with Gasteiger partial charge >= 0.3 is 0 Å². The molecular weight excluding hydrogens is 346 g/mol. The van der Waals surface area contributed by atoms with Crippen LogP contribution in [0.2, 0.25) is 0 Å². The second kappa shape index (κ2) is 7.76. The maximum Gasteiger partial charge on any atom is 0.272 e. The molecule has 1 aromatic carbocycles. The molecule has 0 spiro atoms. The van der Waals surface area contributed by atoms with Gasteiger partial charge in [0.15, 0.2) is 17.3 Å². The Balaban J connectivity index is 0.00000192. The van der Waals surface area contributed by atoms with E-state index in [4.69, 9.17) is 0 Å². The van der Waals surface area contributed by atoms with E-state index in [0.29, 0.717) is 12.1 Å². The second-order valence-corrected chi connectivity index (χ2v) is 5.70. The number of nitrogens with one attached hydrogen (secondary N) is 2. The van der Waals surface area contributed by atoms with Gasteiger partial charge in [0, 0.05) is 18.5 Å². The summed E-state index contributed by atoms with van der Waals surface area (Å²) in [6, 6.07) is 3.68. The molecule has 2 heterocycles. The molecule has 3 rings (SSSR count). The molecule has 1 aliphatic heterocycles. The van der Waals surface area contributed by atoms with Gasteiger partial charge in [0.2, 0.25) is 0 Å². The predicted molar refractivity (Wildman–Crippen MR) is 85.0 cm³/mol. The van der Waals surface area contributed by atoms with Crippen molar-refractivity contribution >= 4 is 30.0 Å². The zero-order chi connectivity index (χ0) is 15.5. The molecule has 1 saturated heterocycles. The quantitative estimate of drug-likeness (QED) is 0.879. The van der Waals surface area contributed by atoms with E-state index in [1.54, 1.807) is 6.07 Å². The van der Waals surface area contributed by atoms with E-state index in [0.717, 1.165) is 30.8 Å².